The number of aliphatic hydroxyl groups is 1. The predicted octanol–water partition coefficient (Wildman–Crippen LogP) is 4.27. The van der Waals surface area contributed by atoms with E-state index in [-0.39, 0.29) is 35.6 Å². The average molecular weight is 549 g/mol. The van der Waals surface area contributed by atoms with Gasteiger partial charge in [-0.2, -0.15) is 13.2 Å². The topological polar surface area (TPSA) is 103 Å². The number of hydrogen-bond donors (Lipinski definition) is 3. The summed E-state index contributed by atoms with van der Waals surface area (Å²) < 4.78 is 39.8. The quantitative estimate of drug-likeness (QED) is 0.405. The van der Waals surface area contributed by atoms with Crippen LogP contribution in [0.4, 0.5) is 19.0 Å². The summed E-state index contributed by atoms with van der Waals surface area (Å²) in [5.74, 6) is 0.424. The summed E-state index contributed by atoms with van der Waals surface area (Å²) in [4.78, 5) is 28.8. The first-order valence-electron chi connectivity index (χ1n) is 12.8. The Morgan fingerprint density at radius 3 is 2.61 bits per heavy atom. The molecule has 3 aromatic rings. The van der Waals surface area contributed by atoms with Gasteiger partial charge >= 0.3 is 6.18 Å². The summed E-state index contributed by atoms with van der Waals surface area (Å²) >= 11 is 1.49. The molecule has 0 radical (unpaired) electrons. The first-order valence-corrected chi connectivity index (χ1v) is 13.7. The molecule has 2 aromatic heterocycles. The second-order valence-corrected chi connectivity index (χ2v) is 11.4. The maximum absolute atomic E-state index is 13.3. The van der Waals surface area contributed by atoms with Crippen LogP contribution in [0.3, 0.4) is 0 Å². The van der Waals surface area contributed by atoms with Gasteiger partial charge in [0.05, 0.1) is 34.1 Å². The minimum absolute atomic E-state index is 0.0109. The molecule has 1 saturated carbocycles. The van der Waals surface area contributed by atoms with Gasteiger partial charge in [0.15, 0.2) is 0 Å². The number of fused-ring (bicyclic) bond motifs is 1. The molecule has 1 aromatic carbocycles. The number of amides is 1. The van der Waals surface area contributed by atoms with Crippen LogP contribution in [0.1, 0.15) is 61.7 Å². The van der Waals surface area contributed by atoms with Crippen LogP contribution in [0.15, 0.2) is 29.9 Å². The summed E-state index contributed by atoms with van der Waals surface area (Å²) in [7, 11) is 0. The molecule has 2 aliphatic rings. The van der Waals surface area contributed by atoms with Crippen LogP contribution >= 0.6 is 11.3 Å². The summed E-state index contributed by atoms with van der Waals surface area (Å²) in [6.45, 7) is 5.16. The molecule has 5 rings (SSSR count). The van der Waals surface area contributed by atoms with Crippen LogP contribution in [-0.2, 0) is 16.6 Å². The molecule has 0 unspecified atom stereocenters. The molecule has 1 aliphatic carbocycles. The number of nitrogens with zero attached hydrogens (tertiary/aromatic N) is 4. The number of halogens is 3. The number of rotatable bonds is 7. The predicted molar refractivity (Wildman–Crippen MR) is 139 cm³/mol. The fourth-order valence-electron chi connectivity index (χ4n) is 5.20. The first kappa shape index (κ1) is 26.8. The van der Waals surface area contributed by atoms with Crippen molar-refractivity contribution in [3.63, 3.8) is 0 Å². The highest BCUT2D eigenvalue weighted by molar-refractivity contribution is 7.09. The number of carbonyl (C=O) groups is 1. The standard InChI is InChI=1S/C26H31F3N6O2S/c1-15(2)23-33-20-4-3-16(26(27,28)29)9-19(20)24(34-23)31-11-22(36)32-17-12-35(13-17)18-5-7-25(37,8-6-18)21-10-30-14-38-21/h3-4,9-10,14-15,17-18,37H,5-8,11-13H2,1-2H3,(H,32,36)(H,31,33,34)/t18-,25+. The Morgan fingerprint density at radius 2 is 1.97 bits per heavy atom. The molecule has 204 valence electrons. The largest absolute Gasteiger partial charge is 0.416 e. The van der Waals surface area contributed by atoms with Gasteiger partial charge in [-0.1, -0.05) is 13.8 Å². The number of alkyl halides is 3. The number of anilines is 1. The van der Waals surface area contributed by atoms with Gasteiger partial charge in [-0.05, 0) is 43.9 Å². The molecule has 0 spiro atoms. The van der Waals surface area contributed by atoms with Crippen molar-refractivity contribution in [2.75, 3.05) is 25.0 Å². The number of hydrogen-bond acceptors (Lipinski definition) is 8. The Kier molecular flexibility index (Phi) is 7.31. The maximum Gasteiger partial charge on any atom is 0.416 e. The number of likely N-dealkylation sites (tertiary alicyclic amines) is 1. The van der Waals surface area contributed by atoms with Gasteiger partial charge in [0.1, 0.15) is 17.2 Å². The third-order valence-corrected chi connectivity index (χ3v) is 8.40. The van der Waals surface area contributed by atoms with Gasteiger partial charge in [-0.25, -0.2) is 9.97 Å². The van der Waals surface area contributed by atoms with Gasteiger partial charge < -0.3 is 15.7 Å². The van der Waals surface area contributed by atoms with Crippen LogP contribution in [0.5, 0.6) is 0 Å². The molecule has 2 fully saturated rings. The molecule has 38 heavy (non-hydrogen) atoms. The van der Waals surface area contributed by atoms with Gasteiger partial charge in [0, 0.05) is 36.6 Å². The summed E-state index contributed by atoms with van der Waals surface area (Å²) in [6.07, 6.45) is 0.410. The molecule has 1 saturated heterocycles. The summed E-state index contributed by atoms with van der Waals surface area (Å²) in [6, 6.07) is 3.74. The van der Waals surface area contributed by atoms with Crippen LogP contribution in [0.25, 0.3) is 10.9 Å². The Labute approximate surface area is 222 Å². The van der Waals surface area contributed by atoms with Crippen molar-refractivity contribution in [3.05, 3.63) is 46.2 Å². The molecular weight excluding hydrogens is 517 g/mol. The zero-order chi connectivity index (χ0) is 27.1. The minimum atomic E-state index is -4.49. The van der Waals surface area contributed by atoms with E-state index in [2.05, 4.69) is 30.5 Å². The highest BCUT2D eigenvalue weighted by Crippen LogP contribution is 2.41. The first-order chi connectivity index (χ1) is 18.0. The monoisotopic (exact) mass is 548 g/mol. The van der Waals surface area contributed by atoms with Crippen LogP contribution in [-0.4, -0.2) is 62.6 Å². The second kappa shape index (κ2) is 10.4. The van der Waals surface area contributed by atoms with Crippen molar-refractivity contribution in [2.24, 2.45) is 0 Å². The maximum atomic E-state index is 13.3. The normalized spacial score (nSPS) is 23.0. The number of thiazole rings is 1. The lowest BCUT2D eigenvalue weighted by Crippen LogP contribution is -2.63. The molecule has 3 N–H and O–H groups in total. The van der Waals surface area contributed by atoms with E-state index in [1.54, 1.807) is 11.7 Å². The van der Waals surface area contributed by atoms with Gasteiger partial charge in [-0.3, -0.25) is 14.7 Å². The highest BCUT2D eigenvalue weighted by Gasteiger charge is 2.41. The Bertz CT molecular complexity index is 1290. The van der Waals surface area contributed by atoms with E-state index in [0.717, 1.165) is 42.9 Å². The van der Waals surface area contributed by atoms with E-state index in [4.69, 9.17) is 0 Å². The van der Waals surface area contributed by atoms with E-state index >= 15 is 0 Å². The lowest BCUT2D eigenvalue weighted by molar-refractivity contribution is -0.137. The van der Waals surface area contributed by atoms with Crippen molar-refractivity contribution in [2.45, 2.75) is 69.3 Å². The minimum Gasteiger partial charge on any atom is -0.384 e. The Morgan fingerprint density at radius 1 is 1.24 bits per heavy atom. The molecule has 1 amide bonds. The molecule has 3 heterocycles. The zero-order valence-electron chi connectivity index (χ0n) is 21.3. The molecule has 12 heteroatoms. The van der Waals surface area contributed by atoms with Crippen molar-refractivity contribution in [3.8, 4) is 0 Å². The van der Waals surface area contributed by atoms with E-state index < -0.39 is 17.3 Å². The van der Waals surface area contributed by atoms with E-state index in [1.165, 1.54) is 17.4 Å². The van der Waals surface area contributed by atoms with Crippen molar-refractivity contribution in [1.29, 1.82) is 0 Å². The smallest absolute Gasteiger partial charge is 0.384 e. The lowest BCUT2D eigenvalue weighted by Gasteiger charge is -2.48. The molecular formula is C26H31F3N6O2S. The van der Waals surface area contributed by atoms with E-state index in [0.29, 0.717) is 30.2 Å². The molecule has 1 aliphatic heterocycles. The van der Waals surface area contributed by atoms with E-state index in [1.807, 2.05) is 13.8 Å². The Hall–Kier alpha value is -2.83. The third-order valence-electron chi connectivity index (χ3n) is 7.44. The number of carbonyl (C=O) groups excluding carboxylic acids is 1. The van der Waals surface area contributed by atoms with Crippen molar-refractivity contribution < 1.29 is 23.1 Å². The lowest BCUT2D eigenvalue weighted by atomic mass is 9.80. The molecule has 0 atom stereocenters. The Balaban J connectivity index is 1.15. The fraction of sp³-hybridized carbons (Fsp3) is 0.538. The second-order valence-electron chi connectivity index (χ2n) is 10.5. The van der Waals surface area contributed by atoms with Gasteiger partial charge in [0.2, 0.25) is 5.91 Å². The summed E-state index contributed by atoms with van der Waals surface area (Å²) in [5.41, 5.74) is 0.557. The number of benzene rings is 1. The van der Waals surface area contributed by atoms with Crippen LogP contribution in [0, 0.1) is 0 Å². The highest BCUT2D eigenvalue weighted by atomic mass is 32.1. The van der Waals surface area contributed by atoms with Gasteiger partial charge in [0.25, 0.3) is 0 Å². The summed E-state index contributed by atoms with van der Waals surface area (Å²) in [5, 5.41) is 17.1. The third kappa shape index (κ3) is 5.62. The fourth-order valence-corrected chi connectivity index (χ4v) is 5.98. The average Bonchev–Trinajstić information content (AvgIpc) is 3.40. The molecule has 0 bridgehead atoms. The van der Waals surface area contributed by atoms with Crippen LogP contribution < -0.4 is 10.6 Å². The number of nitrogens with one attached hydrogen (secondary N) is 2. The number of aromatic nitrogens is 3. The van der Waals surface area contributed by atoms with Crippen molar-refractivity contribution in [1.82, 2.24) is 25.2 Å². The van der Waals surface area contributed by atoms with Crippen molar-refractivity contribution >= 4 is 34.0 Å². The van der Waals surface area contributed by atoms with E-state index in [9.17, 15) is 23.1 Å². The van der Waals surface area contributed by atoms with Gasteiger partial charge in [-0.15, -0.1) is 11.3 Å². The zero-order valence-corrected chi connectivity index (χ0v) is 22.1. The van der Waals surface area contributed by atoms with Crippen LogP contribution in [0.2, 0.25) is 0 Å². The SMILES string of the molecule is CC(C)c1nc(NCC(=O)NC2CN([C@H]3CC[C@](O)(c4cncs4)CC3)C2)c2cc(C(F)(F)F)ccc2n1. The molecule has 8 nitrogen and oxygen atoms in total.